The van der Waals surface area contributed by atoms with Gasteiger partial charge in [0.25, 0.3) is 0 Å². The fourth-order valence-corrected chi connectivity index (χ4v) is 3.08. The maximum Gasteiger partial charge on any atom is 0.340 e. The van der Waals surface area contributed by atoms with Crippen molar-refractivity contribution in [3.63, 3.8) is 0 Å². The molecule has 0 spiro atoms. The van der Waals surface area contributed by atoms with Gasteiger partial charge in [0.15, 0.2) is 5.15 Å². The van der Waals surface area contributed by atoms with Gasteiger partial charge in [0.2, 0.25) is 0 Å². The third-order valence-corrected chi connectivity index (χ3v) is 4.88. The van der Waals surface area contributed by atoms with Crippen LogP contribution in [0.25, 0.3) is 10.6 Å². The fraction of sp³-hybridized carbons (Fsp3) is 0.0625. The molecule has 1 aromatic carbocycles. The zero-order valence-corrected chi connectivity index (χ0v) is 15.4. The van der Waals surface area contributed by atoms with E-state index in [1.807, 2.05) is 29.6 Å². The number of carbonyl (C=O) groups is 1. The Bertz CT molecular complexity index is 883. The number of thiazole rings is 1. The number of hydrogen-bond donors (Lipinski definition) is 1. The molecule has 0 fully saturated rings. The molecule has 0 aliphatic carbocycles. The molecule has 24 heavy (non-hydrogen) atoms. The normalized spacial score (nSPS) is 10.6. The molecule has 3 aromatic rings. The number of pyridine rings is 1. The summed E-state index contributed by atoms with van der Waals surface area (Å²) in [5, 5.41) is 2.88. The van der Waals surface area contributed by atoms with Crippen LogP contribution in [-0.2, 0) is 11.3 Å². The SMILES string of the molecule is Nc1cc(C(=O)OCc2csc(-c3ccc(Br)cc3)n2)cnc1Cl. The third-order valence-electron chi connectivity index (χ3n) is 3.10. The average molecular weight is 425 g/mol. The highest BCUT2D eigenvalue weighted by Gasteiger charge is 2.12. The van der Waals surface area contributed by atoms with Gasteiger partial charge in [-0.1, -0.05) is 39.7 Å². The number of esters is 1. The molecule has 0 unspecified atom stereocenters. The number of rotatable bonds is 4. The first-order valence-electron chi connectivity index (χ1n) is 6.81. The van der Waals surface area contributed by atoms with E-state index in [0.29, 0.717) is 5.69 Å². The quantitative estimate of drug-likeness (QED) is 0.490. The van der Waals surface area contributed by atoms with E-state index in [0.717, 1.165) is 15.0 Å². The molecular formula is C16H11BrClN3O2S. The van der Waals surface area contributed by atoms with Crippen molar-refractivity contribution in [2.45, 2.75) is 6.61 Å². The van der Waals surface area contributed by atoms with E-state index in [4.69, 9.17) is 22.1 Å². The minimum atomic E-state index is -0.524. The van der Waals surface area contributed by atoms with E-state index in [1.54, 1.807) is 0 Å². The summed E-state index contributed by atoms with van der Waals surface area (Å²) in [5.41, 5.74) is 7.80. The number of ether oxygens (including phenoxy) is 1. The lowest BCUT2D eigenvalue weighted by Gasteiger charge is -2.04. The zero-order chi connectivity index (χ0) is 17.1. The van der Waals surface area contributed by atoms with E-state index >= 15 is 0 Å². The first kappa shape index (κ1) is 16.9. The van der Waals surface area contributed by atoms with Crippen LogP contribution < -0.4 is 5.73 Å². The standard InChI is InChI=1S/C16H11BrClN3O2S/c17-11-3-1-9(2-4-11)15-21-12(8-24-15)7-23-16(22)10-5-13(19)14(18)20-6-10/h1-6,8H,7,19H2. The van der Waals surface area contributed by atoms with Crippen molar-refractivity contribution in [2.24, 2.45) is 0 Å². The van der Waals surface area contributed by atoms with E-state index < -0.39 is 5.97 Å². The molecule has 122 valence electrons. The third kappa shape index (κ3) is 3.92. The smallest absolute Gasteiger partial charge is 0.340 e. The minimum Gasteiger partial charge on any atom is -0.456 e. The average Bonchev–Trinajstić information content (AvgIpc) is 3.05. The molecule has 5 nitrogen and oxygen atoms in total. The number of nitrogen functional groups attached to an aromatic ring is 1. The summed E-state index contributed by atoms with van der Waals surface area (Å²) in [5.74, 6) is -0.524. The summed E-state index contributed by atoms with van der Waals surface area (Å²) in [6.07, 6.45) is 1.33. The van der Waals surface area contributed by atoms with Crippen molar-refractivity contribution in [1.29, 1.82) is 0 Å². The van der Waals surface area contributed by atoms with Crippen LogP contribution >= 0.6 is 38.9 Å². The molecule has 8 heteroatoms. The van der Waals surface area contributed by atoms with Gasteiger partial charge in [-0.15, -0.1) is 11.3 Å². The summed E-state index contributed by atoms with van der Waals surface area (Å²) >= 11 is 10.6. The van der Waals surface area contributed by atoms with Gasteiger partial charge in [0.05, 0.1) is 16.9 Å². The highest BCUT2D eigenvalue weighted by atomic mass is 79.9. The number of halogens is 2. The molecule has 0 atom stereocenters. The van der Waals surface area contributed by atoms with Crippen LogP contribution in [0, 0.1) is 0 Å². The Labute approximate surface area is 155 Å². The summed E-state index contributed by atoms with van der Waals surface area (Å²) in [6, 6.07) is 9.29. The highest BCUT2D eigenvalue weighted by molar-refractivity contribution is 9.10. The van der Waals surface area contributed by atoms with Crippen molar-refractivity contribution in [1.82, 2.24) is 9.97 Å². The predicted molar refractivity (Wildman–Crippen MR) is 98.0 cm³/mol. The fourth-order valence-electron chi connectivity index (χ4n) is 1.90. The summed E-state index contributed by atoms with van der Waals surface area (Å²) < 4.78 is 6.24. The molecule has 2 N–H and O–H groups in total. The first-order chi connectivity index (χ1) is 11.5. The van der Waals surface area contributed by atoms with E-state index in [-0.39, 0.29) is 23.0 Å². The molecule has 0 saturated carbocycles. The lowest BCUT2D eigenvalue weighted by atomic mass is 10.2. The summed E-state index contributed by atoms with van der Waals surface area (Å²) in [4.78, 5) is 20.3. The first-order valence-corrected chi connectivity index (χ1v) is 8.86. The van der Waals surface area contributed by atoms with Crippen LogP contribution in [0.4, 0.5) is 5.69 Å². The van der Waals surface area contributed by atoms with E-state index in [1.165, 1.54) is 23.6 Å². The van der Waals surface area contributed by atoms with Crippen LogP contribution in [0.1, 0.15) is 16.1 Å². The number of carbonyl (C=O) groups excluding carboxylic acids is 1. The zero-order valence-electron chi connectivity index (χ0n) is 12.2. The van der Waals surface area contributed by atoms with Gasteiger partial charge in [0.1, 0.15) is 11.6 Å². The molecule has 2 heterocycles. The van der Waals surface area contributed by atoms with Gasteiger partial charge >= 0.3 is 5.97 Å². The molecule has 0 saturated heterocycles. The van der Waals surface area contributed by atoms with Crippen LogP contribution in [0.5, 0.6) is 0 Å². The Kier molecular flexibility index (Phi) is 5.13. The van der Waals surface area contributed by atoms with Gasteiger partial charge < -0.3 is 10.5 Å². The molecular weight excluding hydrogens is 414 g/mol. The molecule has 2 aromatic heterocycles. The second-order valence-corrected chi connectivity index (χ2v) is 6.96. The monoisotopic (exact) mass is 423 g/mol. The highest BCUT2D eigenvalue weighted by Crippen LogP contribution is 2.25. The lowest BCUT2D eigenvalue weighted by Crippen LogP contribution is -2.07. The van der Waals surface area contributed by atoms with Crippen LogP contribution in [0.3, 0.4) is 0 Å². The Hall–Kier alpha value is -1.96. The molecule has 0 radical (unpaired) electrons. The number of anilines is 1. The molecule has 0 amide bonds. The Balaban J connectivity index is 1.65. The maximum atomic E-state index is 12.0. The Morgan fingerprint density at radius 1 is 1.33 bits per heavy atom. The Morgan fingerprint density at radius 2 is 2.08 bits per heavy atom. The van der Waals surface area contributed by atoms with Crippen LogP contribution in [0.2, 0.25) is 5.15 Å². The van der Waals surface area contributed by atoms with Gasteiger partial charge in [0, 0.05) is 21.6 Å². The van der Waals surface area contributed by atoms with Crippen molar-refractivity contribution in [3.05, 3.63) is 62.8 Å². The molecule has 0 aliphatic heterocycles. The minimum absolute atomic E-state index is 0.0778. The molecule has 3 rings (SSSR count). The number of aromatic nitrogens is 2. The maximum absolute atomic E-state index is 12.0. The topological polar surface area (TPSA) is 78.1 Å². The number of nitrogens with zero attached hydrogens (tertiary/aromatic N) is 2. The largest absolute Gasteiger partial charge is 0.456 e. The number of benzene rings is 1. The van der Waals surface area contributed by atoms with Gasteiger partial charge in [-0.2, -0.15) is 0 Å². The second-order valence-electron chi connectivity index (χ2n) is 4.83. The van der Waals surface area contributed by atoms with Crippen molar-refractivity contribution in [2.75, 3.05) is 5.73 Å². The molecule has 0 aliphatic rings. The second kappa shape index (κ2) is 7.29. The summed E-state index contributed by atoms with van der Waals surface area (Å²) in [7, 11) is 0. The van der Waals surface area contributed by atoms with E-state index in [2.05, 4.69) is 25.9 Å². The van der Waals surface area contributed by atoms with E-state index in [9.17, 15) is 4.79 Å². The number of hydrogen-bond acceptors (Lipinski definition) is 6. The number of nitrogens with two attached hydrogens (primary N) is 1. The van der Waals surface area contributed by atoms with Gasteiger partial charge in [-0.25, -0.2) is 14.8 Å². The van der Waals surface area contributed by atoms with Crippen molar-refractivity contribution in [3.8, 4) is 10.6 Å². The van der Waals surface area contributed by atoms with Crippen molar-refractivity contribution >= 4 is 50.5 Å². The summed E-state index contributed by atoms with van der Waals surface area (Å²) in [6.45, 7) is 0.0778. The van der Waals surface area contributed by atoms with Gasteiger partial charge in [-0.3, -0.25) is 0 Å². The lowest BCUT2D eigenvalue weighted by molar-refractivity contribution is 0.0468. The van der Waals surface area contributed by atoms with Crippen molar-refractivity contribution < 1.29 is 9.53 Å². The molecule has 0 bridgehead atoms. The van der Waals surface area contributed by atoms with Gasteiger partial charge in [-0.05, 0) is 18.2 Å². The van der Waals surface area contributed by atoms with Crippen LogP contribution in [-0.4, -0.2) is 15.9 Å². The van der Waals surface area contributed by atoms with Crippen LogP contribution in [0.15, 0.2) is 46.4 Å². The predicted octanol–water partition coefficient (Wildman–Crippen LogP) is 4.56. The Morgan fingerprint density at radius 3 is 2.79 bits per heavy atom.